The van der Waals surface area contributed by atoms with Crippen LogP contribution in [0, 0.1) is 5.82 Å². The Balaban J connectivity index is 1.81. The van der Waals surface area contributed by atoms with Gasteiger partial charge < -0.3 is 0 Å². The number of nitrogens with zero attached hydrogens (tertiary/aromatic N) is 2. The summed E-state index contributed by atoms with van der Waals surface area (Å²) in [7, 11) is 0. The smallest absolute Gasteiger partial charge is 0.280 e. The third kappa shape index (κ3) is 3.03. The van der Waals surface area contributed by atoms with Crippen molar-refractivity contribution in [3.63, 3.8) is 0 Å². The van der Waals surface area contributed by atoms with Crippen molar-refractivity contribution in [3.05, 3.63) is 96.2 Å². The molecular formula is C22H16ClFN2O2S. The summed E-state index contributed by atoms with van der Waals surface area (Å²) in [4.78, 5) is 28.7. The number of rotatable bonds is 3. The van der Waals surface area contributed by atoms with Gasteiger partial charge in [0.25, 0.3) is 5.56 Å². The van der Waals surface area contributed by atoms with Gasteiger partial charge in [0.15, 0.2) is 0 Å². The van der Waals surface area contributed by atoms with Gasteiger partial charge in [0.1, 0.15) is 10.6 Å². The minimum atomic E-state index is -0.408. The molecule has 2 aromatic carbocycles. The normalized spacial score (nSPS) is 13.2. The van der Waals surface area contributed by atoms with Gasteiger partial charge in [-0.15, -0.1) is 11.3 Å². The van der Waals surface area contributed by atoms with E-state index in [2.05, 4.69) is 0 Å². The van der Waals surface area contributed by atoms with Crippen LogP contribution >= 0.6 is 22.9 Å². The van der Waals surface area contributed by atoms with E-state index in [1.54, 1.807) is 41.0 Å². The molecule has 0 fully saturated rings. The topological polar surface area (TPSA) is 44.0 Å². The van der Waals surface area contributed by atoms with Gasteiger partial charge in [-0.25, -0.2) is 13.8 Å². The van der Waals surface area contributed by atoms with Crippen LogP contribution in [0.5, 0.6) is 0 Å². The average Bonchev–Trinajstić information content (AvgIpc) is 3.29. The van der Waals surface area contributed by atoms with Crippen LogP contribution < -0.4 is 11.2 Å². The van der Waals surface area contributed by atoms with Crippen molar-refractivity contribution < 1.29 is 4.39 Å². The van der Waals surface area contributed by atoms with E-state index in [0.29, 0.717) is 20.9 Å². The van der Waals surface area contributed by atoms with Gasteiger partial charge in [-0.05, 0) is 66.8 Å². The fourth-order valence-electron chi connectivity index (χ4n) is 3.94. The van der Waals surface area contributed by atoms with Crippen LogP contribution in [0.25, 0.3) is 15.9 Å². The predicted octanol–water partition coefficient (Wildman–Crippen LogP) is 4.54. The lowest BCUT2D eigenvalue weighted by atomic mass is 10.2. The number of halogens is 2. The van der Waals surface area contributed by atoms with Crippen LogP contribution in [-0.2, 0) is 19.4 Å². The van der Waals surface area contributed by atoms with Crippen LogP contribution in [0.4, 0.5) is 4.39 Å². The Bertz CT molecular complexity index is 1350. The molecule has 0 N–H and O–H groups in total. The maximum atomic E-state index is 13.4. The van der Waals surface area contributed by atoms with Crippen LogP contribution in [0.2, 0.25) is 5.02 Å². The van der Waals surface area contributed by atoms with Crippen LogP contribution in [0.15, 0.2) is 58.1 Å². The summed E-state index contributed by atoms with van der Waals surface area (Å²) < 4.78 is 16.2. The molecule has 29 heavy (non-hydrogen) atoms. The summed E-state index contributed by atoms with van der Waals surface area (Å²) in [5.74, 6) is -0.326. The fourth-order valence-corrected chi connectivity index (χ4v) is 5.43. The van der Waals surface area contributed by atoms with Crippen molar-refractivity contribution in [3.8, 4) is 5.69 Å². The summed E-state index contributed by atoms with van der Waals surface area (Å²) in [6.45, 7) is 0.267. The molecule has 0 spiro atoms. The predicted molar refractivity (Wildman–Crippen MR) is 114 cm³/mol. The third-order valence-electron chi connectivity index (χ3n) is 5.33. The van der Waals surface area contributed by atoms with Crippen molar-refractivity contribution in [2.45, 2.75) is 25.8 Å². The Kier molecular flexibility index (Phi) is 4.41. The average molecular weight is 427 g/mol. The van der Waals surface area contributed by atoms with Gasteiger partial charge in [-0.3, -0.25) is 9.36 Å². The zero-order chi connectivity index (χ0) is 20.1. The molecule has 2 heterocycles. The summed E-state index contributed by atoms with van der Waals surface area (Å²) >= 11 is 7.51. The number of aryl methyl sites for hydroxylation is 2. The Hall–Kier alpha value is -2.70. The van der Waals surface area contributed by atoms with Gasteiger partial charge in [0.2, 0.25) is 0 Å². The molecule has 4 aromatic rings. The van der Waals surface area contributed by atoms with Crippen molar-refractivity contribution in [2.75, 3.05) is 0 Å². The maximum Gasteiger partial charge on any atom is 0.337 e. The molecule has 146 valence electrons. The molecule has 0 atom stereocenters. The molecule has 0 radical (unpaired) electrons. The number of fused-ring (bicyclic) bond motifs is 3. The monoisotopic (exact) mass is 426 g/mol. The highest BCUT2D eigenvalue weighted by Gasteiger charge is 2.25. The van der Waals surface area contributed by atoms with Crippen molar-refractivity contribution in [1.82, 2.24) is 9.13 Å². The molecule has 2 aromatic heterocycles. The maximum absolute atomic E-state index is 13.4. The van der Waals surface area contributed by atoms with E-state index in [0.717, 1.165) is 30.4 Å². The second-order valence-electron chi connectivity index (χ2n) is 7.15. The second-order valence-corrected chi connectivity index (χ2v) is 8.67. The molecule has 4 nitrogen and oxygen atoms in total. The van der Waals surface area contributed by atoms with E-state index in [9.17, 15) is 14.0 Å². The van der Waals surface area contributed by atoms with E-state index >= 15 is 0 Å². The summed E-state index contributed by atoms with van der Waals surface area (Å²) in [5.41, 5.74) is 1.64. The molecular weight excluding hydrogens is 411 g/mol. The molecule has 1 aliphatic carbocycles. The lowest BCUT2D eigenvalue weighted by Crippen LogP contribution is -2.39. The van der Waals surface area contributed by atoms with E-state index in [1.165, 1.54) is 32.9 Å². The first kappa shape index (κ1) is 18.3. The molecule has 0 bridgehead atoms. The van der Waals surface area contributed by atoms with Crippen molar-refractivity contribution >= 4 is 33.2 Å². The fraction of sp³-hybridized carbons (Fsp3) is 0.182. The van der Waals surface area contributed by atoms with Crippen LogP contribution in [0.1, 0.15) is 22.4 Å². The standard InChI is InChI=1S/C22H16ClFN2O2S/c23-14-6-10-16(11-7-14)26-20(27)19-17-2-1-3-18(17)29-21(19)25(22(26)28)12-13-4-8-15(24)9-5-13/h4-11H,1-3,12H2. The Morgan fingerprint density at radius 3 is 2.45 bits per heavy atom. The van der Waals surface area contributed by atoms with E-state index in [4.69, 9.17) is 11.6 Å². The van der Waals surface area contributed by atoms with Crippen molar-refractivity contribution in [2.24, 2.45) is 0 Å². The van der Waals surface area contributed by atoms with Gasteiger partial charge >= 0.3 is 5.69 Å². The van der Waals surface area contributed by atoms with Crippen molar-refractivity contribution in [1.29, 1.82) is 0 Å². The molecule has 5 rings (SSSR count). The molecule has 0 saturated carbocycles. The third-order valence-corrected chi connectivity index (χ3v) is 6.89. The van der Waals surface area contributed by atoms with E-state index in [1.807, 2.05) is 0 Å². The summed E-state index contributed by atoms with van der Waals surface area (Å²) in [5, 5.41) is 1.16. The first-order valence-electron chi connectivity index (χ1n) is 9.33. The Labute approximate surface area is 174 Å². The lowest BCUT2D eigenvalue weighted by Gasteiger charge is -2.13. The van der Waals surface area contributed by atoms with Gasteiger partial charge in [-0.1, -0.05) is 23.7 Å². The minimum absolute atomic E-state index is 0.267. The van der Waals surface area contributed by atoms with E-state index < -0.39 is 5.69 Å². The largest absolute Gasteiger partial charge is 0.337 e. The molecule has 1 aliphatic rings. The van der Waals surface area contributed by atoms with Crippen LogP contribution in [-0.4, -0.2) is 9.13 Å². The highest BCUT2D eigenvalue weighted by molar-refractivity contribution is 7.18. The first-order chi connectivity index (χ1) is 14.0. The highest BCUT2D eigenvalue weighted by atomic mass is 35.5. The number of hydrogen-bond donors (Lipinski definition) is 0. The Morgan fingerprint density at radius 2 is 1.72 bits per heavy atom. The number of benzene rings is 2. The SMILES string of the molecule is O=c1c2c3c(sc2n(Cc2ccc(F)cc2)c(=O)n1-c1ccc(Cl)cc1)CCC3. The number of thiophene rings is 1. The Morgan fingerprint density at radius 1 is 1.00 bits per heavy atom. The first-order valence-corrected chi connectivity index (χ1v) is 10.5. The zero-order valence-electron chi connectivity index (χ0n) is 15.3. The van der Waals surface area contributed by atoms with Gasteiger partial charge in [0.05, 0.1) is 17.6 Å². The second kappa shape index (κ2) is 6.97. The minimum Gasteiger partial charge on any atom is -0.280 e. The molecule has 7 heteroatoms. The molecule has 0 unspecified atom stereocenters. The molecule has 0 aliphatic heterocycles. The zero-order valence-corrected chi connectivity index (χ0v) is 16.9. The quantitative estimate of drug-likeness (QED) is 0.482. The number of hydrogen-bond acceptors (Lipinski definition) is 3. The van der Waals surface area contributed by atoms with Crippen LogP contribution in [0.3, 0.4) is 0 Å². The summed E-state index contributed by atoms with van der Waals surface area (Å²) in [6, 6.07) is 12.7. The lowest BCUT2D eigenvalue weighted by molar-refractivity contribution is 0.626. The van der Waals surface area contributed by atoms with E-state index in [-0.39, 0.29) is 17.9 Å². The summed E-state index contributed by atoms with van der Waals surface area (Å²) in [6.07, 6.45) is 2.80. The molecule has 0 saturated heterocycles. The highest BCUT2D eigenvalue weighted by Crippen LogP contribution is 2.35. The van der Waals surface area contributed by atoms with Gasteiger partial charge in [-0.2, -0.15) is 0 Å². The van der Waals surface area contributed by atoms with Gasteiger partial charge in [0, 0.05) is 9.90 Å². The number of aromatic nitrogens is 2. The molecule has 0 amide bonds.